The zero-order valence-electron chi connectivity index (χ0n) is 13.2. The Morgan fingerprint density at radius 3 is 3.09 bits per heavy atom. The summed E-state index contributed by atoms with van der Waals surface area (Å²) in [7, 11) is 1.77. The standard InChI is InChI=1S/C15H24N6O/c1-11-18-6-5-13(20-11)9-19-15(17-2)21-7-3-4-12(10-21)8-14(16)22/h5-6,12H,3-4,7-10H2,1-2H3,(H2,16,22)(H,17,19). The van der Waals surface area contributed by atoms with Crippen LogP contribution in [0, 0.1) is 12.8 Å². The molecule has 0 spiro atoms. The van der Waals surface area contributed by atoms with E-state index in [4.69, 9.17) is 5.73 Å². The second-order valence-corrected chi connectivity index (χ2v) is 5.62. The second-order valence-electron chi connectivity index (χ2n) is 5.62. The number of piperidine rings is 1. The summed E-state index contributed by atoms with van der Waals surface area (Å²) in [6, 6.07) is 1.89. The highest BCUT2D eigenvalue weighted by atomic mass is 16.1. The normalized spacial score (nSPS) is 19.1. The molecule has 7 heteroatoms. The summed E-state index contributed by atoms with van der Waals surface area (Å²) >= 11 is 0. The van der Waals surface area contributed by atoms with E-state index in [-0.39, 0.29) is 5.91 Å². The van der Waals surface area contributed by atoms with Crippen LogP contribution in [-0.4, -0.2) is 46.9 Å². The van der Waals surface area contributed by atoms with E-state index in [2.05, 4.69) is 25.2 Å². The molecule has 0 radical (unpaired) electrons. The van der Waals surface area contributed by atoms with Crippen LogP contribution < -0.4 is 11.1 Å². The van der Waals surface area contributed by atoms with Gasteiger partial charge < -0.3 is 16.0 Å². The Labute approximate surface area is 131 Å². The van der Waals surface area contributed by atoms with Gasteiger partial charge in [-0.3, -0.25) is 9.79 Å². The van der Waals surface area contributed by atoms with Crippen molar-refractivity contribution in [2.75, 3.05) is 20.1 Å². The van der Waals surface area contributed by atoms with Gasteiger partial charge in [-0.15, -0.1) is 0 Å². The summed E-state index contributed by atoms with van der Waals surface area (Å²) in [5, 5.41) is 3.33. The molecule has 1 aliphatic heterocycles. The van der Waals surface area contributed by atoms with Gasteiger partial charge in [-0.1, -0.05) is 0 Å². The molecule has 0 bridgehead atoms. The molecule has 0 aliphatic carbocycles. The van der Waals surface area contributed by atoms with Gasteiger partial charge in [0.05, 0.1) is 12.2 Å². The van der Waals surface area contributed by atoms with Crippen molar-refractivity contribution in [3.05, 3.63) is 23.8 Å². The molecule has 22 heavy (non-hydrogen) atoms. The molecular formula is C15H24N6O. The lowest BCUT2D eigenvalue weighted by Crippen LogP contribution is -2.47. The molecule has 1 amide bonds. The largest absolute Gasteiger partial charge is 0.370 e. The number of hydrogen-bond donors (Lipinski definition) is 2. The van der Waals surface area contributed by atoms with Gasteiger partial charge in [0.15, 0.2) is 5.96 Å². The first-order valence-corrected chi connectivity index (χ1v) is 7.61. The van der Waals surface area contributed by atoms with E-state index in [0.717, 1.165) is 43.4 Å². The fourth-order valence-corrected chi connectivity index (χ4v) is 2.81. The predicted octanol–water partition coefficient (Wildman–Crippen LogP) is 0.448. The average molecular weight is 304 g/mol. The van der Waals surface area contributed by atoms with Crippen LogP contribution in [-0.2, 0) is 11.3 Å². The van der Waals surface area contributed by atoms with Gasteiger partial charge in [0.25, 0.3) is 0 Å². The lowest BCUT2D eigenvalue weighted by Gasteiger charge is -2.34. The van der Waals surface area contributed by atoms with Crippen LogP contribution in [0.5, 0.6) is 0 Å². The number of rotatable bonds is 4. The third-order valence-corrected chi connectivity index (χ3v) is 3.78. The van der Waals surface area contributed by atoms with Crippen LogP contribution in [0.25, 0.3) is 0 Å². The smallest absolute Gasteiger partial charge is 0.217 e. The summed E-state index contributed by atoms with van der Waals surface area (Å²) in [6.07, 6.45) is 4.29. The van der Waals surface area contributed by atoms with Crippen molar-refractivity contribution in [1.82, 2.24) is 20.2 Å². The third kappa shape index (κ3) is 4.68. The SMILES string of the molecule is CN=C(NCc1ccnc(C)n1)N1CCCC(CC(N)=O)C1. The highest BCUT2D eigenvalue weighted by molar-refractivity contribution is 5.80. The summed E-state index contributed by atoms with van der Waals surface area (Å²) in [4.78, 5) is 26.1. The fourth-order valence-electron chi connectivity index (χ4n) is 2.81. The molecule has 7 nitrogen and oxygen atoms in total. The monoisotopic (exact) mass is 304 g/mol. The molecule has 1 fully saturated rings. The van der Waals surface area contributed by atoms with E-state index in [0.29, 0.717) is 18.9 Å². The highest BCUT2D eigenvalue weighted by Gasteiger charge is 2.23. The van der Waals surface area contributed by atoms with Crippen LogP contribution >= 0.6 is 0 Å². The number of nitrogens with one attached hydrogen (secondary N) is 1. The first kappa shape index (κ1) is 16.2. The molecule has 2 rings (SSSR count). The first-order chi connectivity index (χ1) is 10.6. The number of aryl methyl sites for hydroxylation is 1. The third-order valence-electron chi connectivity index (χ3n) is 3.78. The van der Waals surface area contributed by atoms with Gasteiger partial charge in [-0.25, -0.2) is 9.97 Å². The number of primary amides is 1. The van der Waals surface area contributed by atoms with E-state index in [9.17, 15) is 4.79 Å². The zero-order valence-corrected chi connectivity index (χ0v) is 13.2. The summed E-state index contributed by atoms with van der Waals surface area (Å²) in [5.74, 6) is 1.68. The summed E-state index contributed by atoms with van der Waals surface area (Å²) in [5.41, 5.74) is 6.24. The van der Waals surface area contributed by atoms with Crippen LogP contribution in [0.15, 0.2) is 17.3 Å². The number of carbonyl (C=O) groups excluding carboxylic acids is 1. The molecule has 1 aromatic rings. The number of nitrogens with zero attached hydrogens (tertiary/aromatic N) is 4. The quantitative estimate of drug-likeness (QED) is 0.622. The minimum atomic E-state index is -0.230. The molecule has 2 heterocycles. The Balaban J connectivity index is 1.92. The van der Waals surface area contributed by atoms with Crippen molar-refractivity contribution in [2.24, 2.45) is 16.6 Å². The predicted molar refractivity (Wildman–Crippen MR) is 85.1 cm³/mol. The maximum absolute atomic E-state index is 11.1. The fraction of sp³-hybridized carbons (Fsp3) is 0.600. The van der Waals surface area contributed by atoms with Crippen molar-refractivity contribution in [1.29, 1.82) is 0 Å². The van der Waals surface area contributed by atoms with E-state index in [1.807, 2.05) is 13.0 Å². The molecule has 0 aromatic carbocycles. The summed E-state index contributed by atoms with van der Waals surface area (Å²) < 4.78 is 0. The molecule has 1 unspecified atom stereocenters. The zero-order chi connectivity index (χ0) is 15.9. The Kier molecular flexibility index (Phi) is 5.68. The van der Waals surface area contributed by atoms with Crippen molar-refractivity contribution in [3.63, 3.8) is 0 Å². The van der Waals surface area contributed by atoms with Gasteiger partial charge in [0, 0.05) is 32.8 Å². The maximum Gasteiger partial charge on any atom is 0.217 e. The average Bonchev–Trinajstić information content (AvgIpc) is 2.48. The number of guanidine groups is 1. The topological polar surface area (TPSA) is 96.5 Å². The Bertz CT molecular complexity index is 545. The van der Waals surface area contributed by atoms with Crippen LogP contribution in [0.1, 0.15) is 30.8 Å². The number of carbonyl (C=O) groups is 1. The van der Waals surface area contributed by atoms with E-state index in [1.54, 1.807) is 13.2 Å². The number of nitrogens with two attached hydrogens (primary N) is 1. The van der Waals surface area contributed by atoms with Crippen LogP contribution in [0.3, 0.4) is 0 Å². The van der Waals surface area contributed by atoms with Crippen LogP contribution in [0.2, 0.25) is 0 Å². The van der Waals surface area contributed by atoms with E-state index < -0.39 is 0 Å². The molecule has 3 N–H and O–H groups in total. The lowest BCUT2D eigenvalue weighted by atomic mass is 9.95. The molecule has 1 saturated heterocycles. The van der Waals surface area contributed by atoms with E-state index in [1.165, 1.54) is 0 Å². The number of aromatic nitrogens is 2. The number of likely N-dealkylation sites (tertiary alicyclic amines) is 1. The van der Waals surface area contributed by atoms with E-state index >= 15 is 0 Å². The number of aliphatic imine (C=N–C) groups is 1. The molecule has 1 aromatic heterocycles. The Morgan fingerprint density at radius 2 is 2.41 bits per heavy atom. The molecule has 120 valence electrons. The van der Waals surface area contributed by atoms with Crippen molar-refractivity contribution in [3.8, 4) is 0 Å². The second kappa shape index (κ2) is 7.72. The molecule has 1 aliphatic rings. The van der Waals surface area contributed by atoms with Gasteiger partial charge in [-0.2, -0.15) is 0 Å². The van der Waals surface area contributed by atoms with Gasteiger partial charge in [-0.05, 0) is 31.7 Å². The molecular weight excluding hydrogens is 280 g/mol. The minimum absolute atomic E-state index is 0.230. The number of hydrogen-bond acceptors (Lipinski definition) is 4. The molecule has 1 atom stereocenters. The highest BCUT2D eigenvalue weighted by Crippen LogP contribution is 2.19. The Hall–Kier alpha value is -2.18. The van der Waals surface area contributed by atoms with Crippen LogP contribution in [0.4, 0.5) is 0 Å². The number of amides is 1. The Morgan fingerprint density at radius 1 is 1.59 bits per heavy atom. The van der Waals surface area contributed by atoms with Crippen molar-refractivity contribution in [2.45, 2.75) is 32.7 Å². The summed E-state index contributed by atoms with van der Waals surface area (Å²) in [6.45, 7) is 4.23. The maximum atomic E-state index is 11.1. The van der Waals surface area contributed by atoms with Gasteiger partial charge in [0.2, 0.25) is 5.91 Å². The van der Waals surface area contributed by atoms with Crippen molar-refractivity contribution < 1.29 is 4.79 Å². The molecule has 0 saturated carbocycles. The van der Waals surface area contributed by atoms with Crippen molar-refractivity contribution >= 4 is 11.9 Å². The lowest BCUT2D eigenvalue weighted by molar-refractivity contribution is -0.119. The minimum Gasteiger partial charge on any atom is -0.370 e. The first-order valence-electron chi connectivity index (χ1n) is 7.61. The van der Waals surface area contributed by atoms with Gasteiger partial charge >= 0.3 is 0 Å². The van der Waals surface area contributed by atoms with Gasteiger partial charge in [0.1, 0.15) is 5.82 Å².